The number of nitrogens with zero attached hydrogens (tertiary/aromatic N) is 2. The number of benzene rings is 1. The number of carboxylic acids is 1. The Hall–Kier alpha value is -2.87. The van der Waals surface area contributed by atoms with Crippen LogP contribution >= 0.6 is 0 Å². The number of aromatic carboxylic acids is 1. The molecule has 1 aromatic carbocycles. The van der Waals surface area contributed by atoms with E-state index in [1.165, 1.54) is 31.4 Å². The predicted molar refractivity (Wildman–Crippen MR) is 82.3 cm³/mol. The standard InChI is InChI=1S/C15H12N2O5S/c1-22-13-8-7-10-9-12(15(18)19)17(14(10)16-13)23(20,21)11-5-3-2-4-6-11/h2-9H,1H3,(H,18,19). The first-order valence-corrected chi connectivity index (χ1v) is 7.99. The number of carboxylic acid groups (broad SMARTS) is 1. The molecule has 0 aliphatic heterocycles. The highest BCUT2D eigenvalue weighted by atomic mass is 32.2. The van der Waals surface area contributed by atoms with Crippen molar-refractivity contribution in [1.29, 1.82) is 0 Å². The molecule has 7 nitrogen and oxygen atoms in total. The monoisotopic (exact) mass is 332 g/mol. The Balaban J connectivity index is 2.39. The van der Waals surface area contributed by atoms with Gasteiger partial charge in [-0.3, -0.25) is 0 Å². The Bertz CT molecular complexity index is 993. The van der Waals surface area contributed by atoms with Crippen molar-refractivity contribution in [1.82, 2.24) is 8.96 Å². The molecular weight excluding hydrogens is 320 g/mol. The van der Waals surface area contributed by atoms with Crippen molar-refractivity contribution in [2.75, 3.05) is 7.11 Å². The van der Waals surface area contributed by atoms with Gasteiger partial charge in [-0.2, -0.15) is 4.98 Å². The van der Waals surface area contributed by atoms with Gasteiger partial charge in [0.15, 0.2) is 5.65 Å². The molecule has 0 fully saturated rings. The van der Waals surface area contributed by atoms with Crippen LogP contribution in [0.2, 0.25) is 0 Å². The van der Waals surface area contributed by atoms with E-state index >= 15 is 0 Å². The second-order valence-electron chi connectivity index (χ2n) is 4.68. The largest absolute Gasteiger partial charge is 0.481 e. The van der Waals surface area contributed by atoms with Crippen molar-refractivity contribution in [2.45, 2.75) is 4.90 Å². The van der Waals surface area contributed by atoms with E-state index in [-0.39, 0.29) is 22.1 Å². The first-order chi connectivity index (χ1) is 10.9. The summed E-state index contributed by atoms with van der Waals surface area (Å²) in [5.74, 6) is -1.17. The van der Waals surface area contributed by atoms with E-state index in [2.05, 4.69) is 4.98 Å². The van der Waals surface area contributed by atoms with Crippen molar-refractivity contribution >= 4 is 27.0 Å². The van der Waals surface area contributed by atoms with Gasteiger partial charge in [-0.1, -0.05) is 18.2 Å². The van der Waals surface area contributed by atoms with E-state index in [1.54, 1.807) is 24.3 Å². The van der Waals surface area contributed by atoms with Gasteiger partial charge in [-0.15, -0.1) is 0 Å². The van der Waals surface area contributed by atoms with Crippen LogP contribution in [0.3, 0.4) is 0 Å². The molecule has 0 bridgehead atoms. The van der Waals surface area contributed by atoms with Crippen molar-refractivity contribution in [3.63, 3.8) is 0 Å². The average Bonchev–Trinajstić information content (AvgIpc) is 2.95. The van der Waals surface area contributed by atoms with E-state index in [0.717, 1.165) is 3.97 Å². The number of hydrogen-bond donors (Lipinski definition) is 1. The van der Waals surface area contributed by atoms with Crippen molar-refractivity contribution < 1.29 is 23.1 Å². The lowest BCUT2D eigenvalue weighted by Crippen LogP contribution is -2.18. The molecule has 3 aromatic rings. The molecule has 8 heteroatoms. The molecule has 0 amide bonds. The summed E-state index contributed by atoms with van der Waals surface area (Å²) in [5, 5.41) is 9.75. The predicted octanol–water partition coefficient (Wildman–Crippen LogP) is 1.98. The molecule has 2 aromatic heterocycles. The quantitative estimate of drug-likeness (QED) is 0.784. The maximum absolute atomic E-state index is 12.9. The third-order valence-electron chi connectivity index (χ3n) is 3.29. The fourth-order valence-corrected chi connectivity index (χ4v) is 3.72. The van der Waals surface area contributed by atoms with E-state index in [1.807, 2.05) is 0 Å². The fraction of sp³-hybridized carbons (Fsp3) is 0.0667. The van der Waals surface area contributed by atoms with E-state index in [4.69, 9.17) is 4.74 Å². The summed E-state index contributed by atoms with van der Waals surface area (Å²) in [4.78, 5) is 15.5. The molecule has 0 atom stereocenters. The highest BCUT2D eigenvalue weighted by molar-refractivity contribution is 7.90. The van der Waals surface area contributed by atoms with Crippen LogP contribution in [0.15, 0.2) is 53.4 Å². The molecule has 118 valence electrons. The zero-order chi connectivity index (χ0) is 16.6. The lowest BCUT2D eigenvalue weighted by atomic mass is 10.3. The Morgan fingerprint density at radius 3 is 2.48 bits per heavy atom. The summed E-state index contributed by atoms with van der Waals surface area (Å²) in [6.45, 7) is 0. The average molecular weight is 332 g/mol. The molecule has 0 radical (unpaired) electrons. The molecule has 1 N–H and O–H groups in total. The summed E-state index contributed by atoms with van der Waals surface area (Å²) in [5.41, 5.74) is -0.379. The molecule has 3 rings (SSSR count). The van der Waals surface area contributed by atoms with Crippen LogP contribution in [0.5, 0.6) is 5.88 Å². The molecule has 0 unspecified atom stereocenters. The third kappa shape index (κ3) is 2.42. The van der Waals surface area contributed by atoms with E-state index in [9.17, 15) is 18.3 Å². The molecule has 0 spiro atoms. The highest BCUT2D eigenvalue weighted by Crippen LogP contribution is 2.26. The second kappa shape index (κ2) is 5.40. The normalized spacial score (nSPS) is 11.5. The minimum absolute atomic E-state index is 0.00519. The van der Waals surface area contributed by atoms with Crippen LogP contribution in [0.25, 0.3) is 11.0 Å². The van der Waals surface area contributed by atoms with Crippen molar-refractivity contribution in [3.05, 3.63) is 54.2 Å². The third-order valence-corrected chi connectivity index (χ3v) is 5.01. The Labute approximate surface area is 131 Å². The maximum Gasteiger partial charge on any atom is 0.353 e. The minimum atomic E-state index is -4.11. The number of carbonyl (C=O) groups is 1. The minimum Gasteiger partial charge on any atom is -0.481 e. The van der Waals surface area contributed by atoms with Crippen LogP contribution < -0.4 is 4.74 Å². The molecule has 0 saturated heterocycles. The van der Waals surface area contributed by atoms with Crippen LogP contribution in [0, 0.1) is 0 Å². The van der Waals surface area contributed by atoms with Gasteiger partial charge in [0.25, 0.3) is 10.0 Å². The van der Waals surface area contributed by atoms with Gasteiger partial charge < -0.3 is 9.84 Å². The van der Waals surface area contributed by atoms with Crippen molar-refractivity contribution in [2.24, 2.45) is 0 Å². The van der Waals surface area contributed by atoms with Gasteiger partial charge in [0.05, 0.1) is 12.0 Å². The van der Waals surface area contributed by atoms with E-state index < -0.39 is 16.0 Å². The summed E-state index contributed by atoms with van der Waals surface area (Å²) < 4.78 is 31.4. The van der Waals surface area contributed by atoms with E-state index in [0.29, 0.717) is 5.39 Å². The zero-order valence-electron chi connectivity index (χ0n) is 12.0. The molecular formula is C15H12N2O5S. The summed E-state index contributed by atoms with van der Waals surface area (Å²) >= 11 is 0. The van der Waals surface area contributed by atoms with Crippen LogP contribution in [0.1, 0.15) is 10.5 Å². The maximum atomic E-state index is 12.9. The second-order valence-corrected chi connectivity index (χ2v) is 6.47. The smallest absolute Gasteiger partial charge is 0.353 e. The number of rotatable bonds is 4. The molecule has 0 aliphatic rings. The van der Waals surface area contributed by atoms with Gasteiger partial charge >= 0.3 is 5.97 Å². The van der Waals surface area contributed by atoms with Crippen LogP contribution in [-0.2, 0) is 10.0 Å². The van der Waals surface area contributed by atoms with Gasteiger partial charge in [-0.05, 0) is 24.3 Å². The Morgan fingerprint density at radius 1 is 1.17 bits per heavy atom. The summed E-state index contributed by atoms with van der Waals surface area (Å²) in [7, 11) is -2.71. The van der Waals surface area contributed by atoms with Crippen molar-refractivity contribution in [3.8, 4) is 5.88 Å². The van der Waals surface area contributed by atoms with Gasteiger partial charge in [-0.25, -0.2) is 17.2 Å². The summed E-state index contributed by atoms with van der Waals surface area (Å²) in [6, 6.07) is 12.0. The Kier molecular flexibility index (Phi) is 3.53. The Morgan fingerprint density at radius 2 is 1.87 bits per heavy atom. The van der Waals surface area contributed by atoms with Gasteiger partial charge in [0.2, 0.25) is 5.88 Å². The molecule has 23 heavy (non-hydrogen) atoms. The highest BCUT2D eigenvalue weighted by Gasteiger charge is 2.27. The first-order valence-electron chi connectivity index (χ1n) is 6.55. The van der Waals surface area contributed by atoms with Gasteiger partial charge in [0.1, 0.15) is 5.69 Å². The van der Waals surface area contributed by atoms with Crippen LogP contribution in [-0.4, -0.2) is 35.6 Å². The number of ether oxygens (including phenoxy) is 1. The van der Waals surface area contributed by atoms with Crippen LogP contribution in [0.4, 0.5) is 0 Å². The lowest BCUT2D eigenvalue weighted by Gasteiger charge is -2.09. The number of fused-ring (bicyclic) bond motifs is 1. The number of hydrogen-bond acceptors (Lipinski definition) is 5. The number of methoxy groups -OCH3 is 1. The fourth-order valence-electron chi connectivity index (χ4n) is 2.24. The zero-order valence-corrected chi connectivity index (χ0v) is 12.8. The molecule has 2 heterocycles. The SMILES string of the molecule is COc1ccc2cc(C(=O)O)n(S(=O)(=O)c3ccccc3)c2n1. The number of pyridine rings is 1. The summed E-state index contributed by atoms with van der Waals surface area (Å²) in [6.07, 6.45) is 0. The topological polar surface area (TPSA) is 98.5 Å². The number of aromatic nitrogens is 2. The lowest BCUT2D eigenvalue weighted by molar-refractivity contribution is 0.0689. The van der Waals surface area contributed by atoms with Gasteiger partial charge in [0, 0.05) is 11.5 Å². The molecule has 0 saturated carbocycles. The molecule has 0 aliphatic carbocycles. The first kappa shape index (κ1) is 15.0.